The van der Waals surface area contributed by atoms with Gasteiger partial charge in [0.25, 0.3) is 0 Å². The second-order valence-corrected chi connectivity index (χ2v) is 9.36. The summed E-state index contributed by atoms with van der Waals surface area (Å²) in [5, 5.41) is 0. The Bertz CT molecular complexity index is 856. The molecule has 0 radical (unpaired) electrons. The molecule has 3 rings (SSSR count). The predicted octanol–water partition coefficient (Wildman–Crippen LogP) is 3.43. The molecule has 0 aliphatic carbocycles. The summed E-state index contributed by atoms with van der Waals surface area (Å²) in [5.41, 5.74) is 3.42. The van der Waals surface area contributed by atoms with Crippen LogP contribution in [0.3, 0.4) is 0 Å². The Kier molecular flexibility index (Phi) is 6.75. The molecule has 1 N–H and O–H groups in total. The summed E-state index contributed by atoms with van der Waals surface area (Å²) in [6.45, 7) is 4.45. The van der Waals surface area contributed by atoms with Crippen LogP contribution in [0.15, 0.2) is 53.4 Å². The first-order valence-corrected chi connectivity index (χ1v) is 11.5. The number of nitrogens with one attached hydrogen (secondary N) is 1. The van der Waals surface area contributed by atoms with Gasteiger partial charge in [0.15, 0.2) is 0 Å². The van der Waals surface area contributed by atoms with Crippen molar-refractivity contribution in [2.75, 3.05) is 38.6 Å². The van der Waals surface area contributed by atoms with Crippen molar-refractivity contribution in [1.29, 1.82) is 0 Å². The van der Waals surface area contributed by atoms with Crippen LogP contribution in [0.1, 0.15) is 36.9 Å². The summed E-state index contributed by atoms with van der Waals surface area (Å²) in [6, 6.07) is 15.6. The molecule has 152 valence electrons. The van der Waals surface area contributed by atoms with Gasteiger partial charge in [0.1, 0.15) is 0 Å². The number of nitrogens with zero attached hydrogens (tertiary/aromatic N) is 2. The zero-order valence-electron chi connectivity index (χ0n) is 17.1. The fourth-order valence-corrected chi connectivity index (χ4v) is 4.72. The van der Waals surface area contributed by atoms with Crippen LogP contribution in [-0.2, 0) is 16.4 Å². The molecule has 0 saturated carbocycles. The molecule has 1 heterocycles. The van der Waals surface area contributed by atoms with Crippen molar-refractivity contribution in [3.8, 4) is 0 Å². The van der Waals surface area contributed by atoms with Crippen molar-refractivity contribution in [2.45, 2.75) is 37.1 Å². The van der Waals surface area contributed by atoms with Crippen molar-refractivity contribution in [3.63, 3.8) is 0 Å². The number of aryl methyl sites for hydroxylation is 1. The van der Waals surface area contributed by atoms with Crippen molar-refractivity contribution in [3.05, 3.63) is 59.7 Å². The molecule has 1 saturated heterocycles. The highest BCUT2D eigenvalue weighted by atomic mass is 32.2. The van der Waals surface area contributed by atoms with Gasteiger partial charge in [0, 0.05) is 32.4 Å². The molecule has 1 fully saturated rings. The summed E-state index contributed by atoms with van der Waals surface area (Å²) in [5.74, 6) is 0. The summed E-state index contributed by atoms with van der Waals surface area (Å²) < 4.78 is 28.4. The van der Waals surface area contributed by atoms with Crippen LogP contribution in [0.2, 0.25) is 0 Å². The number of benzene rings is 2. The van der Waals surface area contributed by atoms with Crippen LogP contribution in [0.4, 0.5) is 5.69 Å². The predicted molar refractivity (Wildman–Crippen MR) is 115 cm³/mol. The van der Waals surface area contributed by atoms with Crippen LogP contribution in [0, 0.1) is 0 Å². The topological polar surface area (TPSA) is 52.7 Å². The fraction of sp³-hybridized carbons (Fsp3) is 0.455. The highest BCUT2D eigenvalue weighted by Crippen LogP contribution is 2.27. The van der Waals surface area contributed by atoms with E-state index in [1.54, 1.807) is 12.1 Å². The van der Waals surface area contributed by atoms with E-state index in [2.05, 4.69) is 45.7 Å². The highest BCUT2D eigenvalue weighted by Gasteiger charge is 2.25. The Hall–Kier alpha value is -1.89. The zero-order valence-corrected chi connectivity index (χ0v) is 17.9. The summed E-state index contributed by atoms with van der Waals surface area (Å²) >= 11 is 0. The maximum absolute atomic E-state index is 12.8. The third kappa shape index (κ3) is 4.93. The lowest BCUT2D eigenvalue weighted by atomic mass is 10.1. The van der Waals surface area contributed by atoms with Gasteiger partial charge in [-0.2, -0.15) is 0 Å². The molecule has 2 aromatic carbocycles. The fourth-order valence-electron chi connectivity index (χ4n) is 3.68. The average molecular weight is 402 g/mol. The third-order valence-corrected chi connectivity index (χ3v) is 6.92. The van der Waals surface area contributed by atoms with Gasteiger partial charge in [-0.05, 0) is 67.7 Å². The second kappa shape index (κ2) is 9.07. The monoisotopic (exact) mass is 401 g/mol. The van der Waals surface area contributed by atoms with Gasteiger partial charge < -0.3 is 4.90 Å². The Morgan fingerprint density at radius 2 is 1.61 bits per heavy atom. The van der Waals surface area contributed by atoms with Gasteiger partial charge in [0.2, 0.25) is 10.0 Å². The first-order valence-electron chi connectivity index (χ1n) is 10.0. The second-order valence-electron chi connectivity index (χ2n) is 7.59. The smallest absolute Gasteiger partial charge is 0.240 e. The van der Waals surface area contributed by atoms with E-state index in [1.807, 2.05) is 26.2 Å². The number of sulfonamides is 1. The Balaban J connectivity index is 1.77. The number of anilines is 1. The van der Waals surface area contributed by atoms with Crippen LogP contribution in [0.25, 0.3) is 0 Å². The van der Waals surface area contributed by atoms with E-state index in [1.165, 1.54) is 0 Å². The van der Waals surface area contributed by atoms with Gasteiger partial charge in [-0.25, -0.2) is 13.1 Å². The highest BCUT2D eigenvalue weighted by molar-refractivity contribution is 7.89. The van der Waals surface area contributed by atoms with E-state index >= 15 is 0 Å². The Morgan fingerprint density at radius 1 is 1.00 bits per heavy atom. The molecule has 0 unspecified atom stereocenters. The number of hydrogen-bond donors (Lipinski definition) is 1. The minimum absolute atomic E-state index is 0.0448. The van der Waals surface area contributed by atoms with E-state index in [0.717, 1.165) is 49.2 Å². The molecular formula is C22H31N3O2S. The Labute approximate surface area is 169 Å². The van der Waals surface area contributed by atoms with Crippen molar-refractivity contribution < 1.29 is 8.42 Å². The molecular weight excluding hydrogens is 370 g/mol. The van der Waals surface area contributed by atoms with E-state index in [9.17, 15) is 8.42 Å². The van der Waals surface area contributed by atoms with E-state index in [4.69, 9.17) is 0 Å². The first kappa shape index (κ1) is 20.8. The largest absolute Gasteiger partial charge is 0.378 e. The van der Waals surface area contributed by atoms with Crippen molar-refractivity contribution in [2.24, 2.45) is 0 Å². The van der Waals surface area contributed by atoms with Gasteiger partial charge in [-0.1, -0.05) is 31.2 Å². The van der Waals surface area contributed by atoms with Crippen LogP contribution in [-0.4, -0.2) is 47.0 Å². The maximum atomic E-state index is 12.8. The van der Waals surface area contributed by atoms with Crippen LogP contribution in [0.5, 0.6) is 0 Å². The average Bonchev–Trinajstić information content (AvgIpc) is 3.23. The molecule has 6 heteroatoms. The summed E-state index contributed by atoms with van der Waals surface area (Å²) in [7, 11) is 0.513. The van der Waals surface area contributed by atoms with E-state index < -0.39 is 10.0 Å². The normalized spacial score (nSPS) is 16.2. The number of likely N-dealkylation sites (tertiary alicyclic amines) is 1. The van der Waals surface area contributed by atoms with Gasteiger partial charge in [-0.3, -0.25) is 4.90 Å². The van der Waals surface area contributed by atoms with Gasteiger partial charge in [-0.15, -0.1) is 0 Å². The van der Waals surface area contributed by atoms with Crippen molar-refractivity contribution >= 4 is 15.7 Å². The summed E-state index contributed by atoms with van der Waals surface area (Å²) in [4.78, 5) is 4.78. The minimum atomic E-state index is -3.52. The van der Waals surface area contributed by atoms with Crippen LogP contribution >= 0.6 is 0 Å². The molecule has 0 aromatic heterocycles. The lowest BCUT2D eigenvalue weighted by Gasteiger charge is -2.28. The molecule has 2 aromatic rings. The molecule has 0 spiro atoms. The Morgan fingerprint density at radius 3 is 2.14 bits per heavy atom. The van der Waals surface area contributed by atoms with Crippen molar-refractivity contribution in [1.82, 2.24) is 9.62 Å². The molecule has 1 atom stereocenters. The molecule has 1 aliphatic heterocycles. The third-order valence-electron chi connectivity index (χ3n) is 5.48. The molecule has 0 amide bonds. The lowest BCUT2D eigenvalue weighted by molar-refractivity contribution is 0.246. The van der Waals surface area contributed by atoms with Gasteiger partial charge >= 0.3 is 0 Å². The van der Waals surface area contributed by atoms with Gasteiger partial charge in [0.05, 0.1) is 4.90 Å². The summed E-state index contributed by atoms with van der Waals surface area (Å²) in [6.07, 6.45) is 3.22. The first-order chi connectivity index (χ1) is 13.4. The van der Waals surface area contributed by atoms with Crippen LogP contribution < -0.4 is 9.62 Å². The maximum Gasteiger partial charge on any atom is 0.240 e. The number of rotatable bonds is 8. The van der Waals surface area contributed by atoms with E-state index in [0.29, 0.717) is 11.4 Å². The quantitative estimate of drug-likeness (QED) is 0.736. The minimum Gasteiger partial charge on any atom is -0.378 e. The molecule has 0 bridgehead atoms. The number of hydrogen-bond acceptors (Lipinski definition) is 4. The molecule has 1 aliphatic rings. The molecule has 5 nitrogen and oxygen atoms in total. The standard InChI is InChI=1S/C22H31N3O2S/c1-4-18-7-13-21(14-8-18)28(26,27)23-17-22(25-15-5-6-16-25)19-9-11-20(12-10-19)24(2)3/h7-14,22-23H,4-6,15-17H2,1-3H3/t22-/m0/s1. The SMILES string of the molecule is CCc1ccc(S(=O)(=O)NC[C@@H](c2ccc(N(C)C)cc2)N2CCCC2)cc1. The molecule has 28 heavy (non-hydrogen) atoms. The zero-order chi connectivity index (χ0) is 20.1. The van der Waals surface area contributed by atoms with E-state index in [-0.39, 0.29) is 6.04 Å². The lowest BCUT2D eigenvalue weighted by Crippen LogP contribution is -2.36.